The minimum atomic E-state index is 0.279. The third-order valence-electron chi connectivity index (χ3n) is 3.13. The van der Waals surface area contributed by atoms with Gasteiger partial charge in [-0.3, -0.25) is 0 Å². The van der Waals surface area contributed by atoms with E-state index in [9.17, 15) is 0 Å². The number of nitrogens with two attached hydrogens (primary N) is 1. The van der Waals surface area contributed by atoms with E-state index in [2.05, 4.69) is 31.7 Å². The smallest absolute Gasteiger partial charge is 0.232 e. The molecule has 7 nitrogen and oxygen atoms in total. The summed E-state index contributed by atoms with van der Waals surface area (Å²) in [7, 11) is 3.79. The van der Waals surface area contributed by atoms with Crippen molar-refractivity contribution >= 4 is 17.8 Å². The molecule has 2 heterocycles. The molecule has 1 saturated heterocycles. The molecule has 2 N–H and O–H groups in total. The van der Waals surface area contributed by atoms with Crippen LogP contribution in [0.5, 0.6) is 0 Å². The van der Waals surface area contributed by atoms with E-state index < -0.39 is 0 Å². The average Bonchev–Trinajstić information content (AvgIpc) is 2.38. The Morgan fingerprint density at radius 3 is 2.33 bits per heavy atom. The van der Waals surface area contributed by atoms with Crippen molar-refractivity contribution in [2.24, 2.45) is 0 Å². The number of piperazine rings is 1. The lowest BCUT2D eigenvalue weighted by molar-refractivity contribution is 0.270. The minimum absolute atomic E-state index is 0.279. The highest BCUT2D eigenvalue weighted by atomic mass is 15.4. The number of hydrogen-bond acceptors (Lipinski definition) is 7. The zero-order valence-corrected chi connectivity index (χ0v) is 11.3. The van der Waals surface area contributed by atoms with Gasteiger partial charge in [-0.05, 0) is 6.54 Å². The zero-order valence-electron chi connectivity index (χ0n) is 11.3. The van der Waals surface area contributed by atoms with E-state index in [1.807, 2.05) is 19.0 Å². The summed E-state index contributed by atoms with van der Waals surface area (Å²) in [4.78, 5) is 19.2. The van der Waals surface area contributed by atoms with E-state index in [0.717, 1.165) is 32.7 Å². The highest BCUT2D eigenvalue weighted by Gasteiger charge is 2.19. The quantitative estimate of drug-likeness (QED) is 0.788. The van der Waals surface area contributed by atoms with E-state index >= 15 is 0 Å². The summed E-state index contributed by atoms with van der Waals surface area (Å²) >= 11 is 0. The van der Waals surface area contributed by atoms with Crippen molar-refractivity contribution in [3.05, 3.63) is 0 Å². The second-order valence-corrected chi connectivity index (χ2v) is 4.61. The van der Waals surface area contributed by atoms with Crippen molar-refractivity contribution in [1.82, 2.24) is 19.9 Å². The predicted molar refractivity (Wildman–Crippen MR) is 72.9 cm³/mol. The standard InChI is InChI=1S/C11H21N7/c1-4-17-5-7-18(8-6-17)11-14-9(12)13-10(15-11)16(2)3/h4-8H2,1-3H3,(H2,12,13,14,15). The molecule has 0 aromatic carbocycles. The summed E-state index contributed by atoms with van der Waals surface area (Å²) in [5.41, 5.74) is 5.73. The number of nitrogens with zero attached hydrogens (tertiary/aromatic N) is 6. The van der Waals surface area contributed by atoms with Crippen LogP contribution in [-0.2, 0) is 0 Å². The van der Waals surface area contributed by atoms with Crippen LogP contribution in [0.4, 0.5) is 17.8 Å². The van der Waals surface area contributed by atoms with Gasteiger partial charge in [-0.1, -0.05) is 6.92 Å². The third kappa shape index (κ3) is 2.79. The van der Waals surface area contributed by atoms with Crippen molar-refractivity contribution in [1.29, 1.82) is 0 Å². The summed E-state index contributed by atoms with van der Waals surface area (Å²) in [6, 6.07) is 0. The molecular formula is C11H21N7. The summed E-state index contributed by atoms with van der Waals surface area (Å²) in [6.45, 7) is 7.23. The molecule has 18 heavy (non-hydrogen) atoms. The molecule has 0 spiro atoms. The second-order valence-electron chi connectivity index (χ2n) is 4.61. The minimum Gasteiger partial charge on any atom is -0.368 e. The fourth-order valence-electron chi connectivity index (χ4n) is 1.97. The van der Waals surface area contributed by atoms with Gasteiger partial charge < -0.3 is 20.4 Å². The summed E-state index contributed by atoms with van der Waals surface area (Å²) in [6.07, 6.45) is 0. The van der Waals surface area contributed by atoms with Crippen LogP contribution >= 0.6 is 0 Å². The van der Waals surface area contributed by atoms with Gasteiger partial charge in [0.05, 0.1) is 0 Å². The number of likely N-dealkylation sites (N-methyl/N-ethyl adjacent to an activating group) is 1. The highest BCUT2D eigenvalue weighted by Crippen LogP contribution is 2.15. The van der Waals surface area contributed by atoms with Crippen LogP contribution in [0, 0.1) is 0 Å². The van der Waals surface area contributed by atoms with Crippen LogP contribution in [0.3, 0.4) is 0 Å². The van der Waals surface area contributed by atoms with Crippen molar-refractivity contribution in [3.63, 3.8) is 0 Å². The topological polar surface area (TPSA) is 74.4 Å². The van der Waals surface area contributed by atoms with E-state index in [-0.39, 0.29) is 5.95 Å². The lowest BCUT2D eigenvalue weighted by Crippen LogP contribution is -2.46. The molecule has 1 aliphatic heterocycles. The van der Waals surface area contributed by atoms with Gasteiger partial charge in [0.2, 0.25) is 17.8 Å². The lowest BCUT2D eigenvalue weighted by atomic mass is 10.3. The van der Waals surface area contributed by atoms with Gasteiger partial charge in [-0.25, -0.2) is 0 Å². The molecule has 0 saturated carbocycles. The number of anilines is 3. The molecule has 0 unspecified atom stereocenters. The van der Waals surface area contributed by atoms with E-state index in [1.54, 1.807) is 0 Å². The first kappa shape index (κ1) is 12.8. The Labute approximate surface area is 108 Å². The Morgan fingerprint density at radius 2 is 1.78 bits per heavy atom. The van der Waals surface area contributed by atoms with Gasteiger partial charge in [-0.2, -0.15) is 15.0 Å². The third-order valence-corrected chi connectivity index (χ3v) is 3.13. The molecule has 100 valence electrons. The van der Waals surface area contributed by atoms with Crippen LogP contribution in [-0.4, -0.2) is 66.7 Å². The molecule has 0 aliphatic carbocycles. The molecule has 0 bridgehead atoms. The fourth-order valence-corrected chi connectivity index (χ4v) is 1.97. The number of rotatable bonds is 3. The molecule has 0 atom stereocenters. The van der Waals surface area contributed by atoms with E-state index in [4.69, 9.17) is 5.73 Å². The molecule has 1 aliphatic rings. The molecule has 7 heteroatoms. The number of nitrogen functional groups attached to an aromatic ring is 1. The maximum absolute atomic E-state index is 5.73. The van der Waals surface area contributed by atoms with Crippen LogP contribution in [0.15, 0.2) is 0 Å². The van der Waals surface area contributed by atoms with Gasteiger partial charge >= 0.3 is 0 Å². The van der Waals surface area contributed by atoms with Gasteiger partial charge in [0.1, 0.15) is 0 Å². The molecule has 1 aromatic rings. The maximum Gasteiger partial charge on any atom is 0.232 e. The largest absolute Gasteiger partial charge is 0.368 e. The first-order chi connectivity index (χ1) is 8.60. The maximum atomic E-state index is 5.73. The van der Waals surface area contributed by atoms with Crippen LogP contribution in [0.2, 0.25) is 0 Å². The lowest BCUT2D eigenvalue weighted by Gasteiger charge is -2.34. The summed E-state index contributed by atoms with van der Waals surface area (Å²) in [5, 5.41) is 0. The number of hydrogen-bond donors (Lipinski definition) is 1. The highest BCUT2D eigenvalue weighted by molar-refractivity contribution is 5.42. The Bertz CT molecular complexity index is 398. The average molecular weight is 251 g/mol. The first-order valence-electron chi connectivity index (χ1n) is 6.26. The Morgan fingerprint density at radius 1 is 1.11 bits per heavy atom. The van der Waals surface area contributed by atoms with Crippen LogP contribution in [0.1, 0.15) is 6.92 Å². The Balaban J connectivity index is 2.13. The van der Waals surface area contributed by atoms with Crippen molar-refractivity contribution in [2.75, 3.05) is 62.4 Å². The van der Waals surface area contributed by atoms with E-state index in [0.29, 0.717) is 11.9 Å². The molecule has 2 rings (SSSR count). The van der Waals surface area contributed by atoms with Gasteiger partial charge in [-0.15, -0.1) is 0 Å². The van der Waals surface area contributed by atoms with Crippen molar-refractivity contribution in [3.8, 4) is 0 Å². The van der Waals surface area contributed by atoms with Gasteiger partial charge in [0.15, 0.2) is 0 Å². The monoisotopic (exact) mass is 251 g/mol. The summed E-state index contributed by atoms with van der Waals surface area (Å²) < 4.78 is 0. The number of aromatic nitrogens is 3. The van der Waals surface area contributed by atoms with Gasteiger partial charge in [0, 0.05) is 40.3 Å². The Kier molecular flexibility index (Phi) is 3.81. The summed E-state index contributed by atoms with van der Waals surface area (Å²) in [5.74, 6) is 1.57. The molecular weight excluding hydrogens is 230 g/mol. The molecule has 1 aromatic heterocycles. The Hall–Kier alpha value is -1.63. The predicted octanol–water partition coefficient (Wildman–Crippen LogP) is -0.338. The molecule has 0 radical (unpaired) electrons. The fraction of sp³-hybridized carbons (Fsp3) is 0.727. The molecule has 1 fully saturated rings. The second kappa shape index (κ2) is 5.34. The van der Waals surface area contributed by atoms with Gasteiger partial charge in [0.25, 0.3) is 0 Å². The normalized spacial score (nSPS) is 16.9. The van der Waals surface area contributed by atoms with Crippen LogP contribution in [0.25, 0.3) is 0 Å². The van der Waals surface area contributed by atoms with E-state index in [1.165, 1.54) is 0 Å². The first-order valence-corrected chi connectivity index (χ1v) is 6.26. The van der Waals surface area contributed by atoms with Crippen molar-refractivity contribution < 1.29 is 0 Å². The SMILES string of the molecule is CCN1CCN(c2nc(N)nc(N(C)C)n2)CC1. The zero-order chi connectivity index (χ0) is 13.1. The van der Waals surface area contributed by atoms with Crippen molar-refractivity contribution in [2.45, 2.75) is 6.92 Å². The molecule has 0 amide bonds. The van der Waals surface area contributed by atoms with Crippen LogP contribution < -0.4 is 15.5 Å².